The van der Waals surface area contributed by atoms with E-state index in [1.54, 1.807) is 6.20 Å². The zero-order chi connectivity index (χ0) is 18.2. The van der Waals surface area contributed by atoms with Gasteiger partial charge in [0.2, 0.25) is 5.91 Å². The van der Waals surface area contributed by atoms with Crippen molar-refractivity contribution in [2.24, 2.45) is 17.1 Å². The van der Waals surface area contributed by atoms with Gasteiger partial charge in [-0.2, -0.15) is 0 Å². The lowest BCUT2D eigenvalue weighted by molar-refractivity contribution is -0.222. The van der Waals surface area contributed by atoms with Crippen molar-refractivity contribution in [2.75, 3.05) is 29.9 Å². The van der Waals surface area contributed by atoms with E-state index in [0.717, 1.165) is 38.4 Å². The van der Waals surface area contributed by atoms with Crippen LogP contribution in [0.4, 0.5) is 11.5 Å². The second kappa shape index (κ2) is 8.95. The summed E-state index contributed by atoms with van der Waals surface area (Å²) in [5, 5.41) is 2.97. The molecule has 1 aromatic heterocycles. The van der Waals surface area contributed by atoms with Gasteiger partial charge in [0.15, 0.2) is 0 Å². The van der Waals surface area contributed by atoms with Gasteiger partial charge in [0, 0.05) is 31.0 Å². The number of ether oxygens (including phenoxy) is 1. The SMILES string of the molecule is CCN(CC)c1ccc(NC(=O)C2(N)C3CCCOC3C2(C)C)cn1.Cl.Cl. The predicted molar refractivity (Wildman–Crippen MR) is 114 cm³/mol. The molecule has 1 aliphatic carbocycles. The highest BCUT2D eigenvalue weighted by Crippen LogP contribution is 2.57. The van der Waals surface area contributed by atoms with Crippen molar-refractivity contribution < 1.29 is 9.53 Å². The van der Waals surface area contributed by atoms with Crippen molar-refractivity contribution in [1.29, 1.82) is 0 Å². The summed E-state index contributed by atoms with van der Waals surface area (Å²) >= 11 is 0. The number of aromatic nitrogens is 1. The summed E-state index contributed by atoms with van der Waals surface area (Å²) in [6.07, 6.45) is 3.68. The number of rotatable bonds is 5. The quantitative estimate of drug-likeness (QED) is 0.766. The molecule has 0 aromatic carbocycles. The van der Waals surface area contributed by atoms with E-state index in [9.17, 15) is 4.79 Å². The van der Waals surface area contributed by atoms with Crippen molar-refractivity contribution in [2.45, 2.75) is 52.2 Å². The van der Waals surface area contributed by atoms with E-state index in [4.69, 9.17) is 10.5 Å². The molecule has 0 bridgehead atoms. The summed E-state index contributed by atoms with van der Waals surface area (Å²) in [4.78, 5) is 19.6. The molecular formula is C19H32Cl2N4O2. The summed E-state index contributed by atoms with van der Waals surface area (Å²) in [6, 6.07) is 3.83. The Morgan fingerprint density at radius 1 is 1.33 bits per heavy atom. The van der Waals surface area contributed by atoms with Crippen LogP contribution >= 0.6 is 24.8 Å². The maximum atomic E-state index is 13.0. The Balaban J connectivity index is 0.00000182. The monoisotopic (exact) mass is 418 g/mol. The Labute approximate surface area is 174 Å². The van der Waals surface area contributed by atoms with Gasteiger partial charge in [-0.25, -0.2) is 4.98 Å². The van der Waals surface area contributed by atoms with Crippen LogP contribution in [0.15, 0.2) is 18.3 Å². The summed E-state index contributed by atoms with van der Waals surface area (Å²) < 4.78 is 5.88. The largest absolute Gasteiger partial charge is 0.377 e. The van der Waals surface area contributed by atoms with Gasteiger partial charge in [-0.3, -0.25) is 4.79 Å². The maximum absolute atomic E-state index is 13.0. The Morgan fingerprint density at radius 2 is 2.00 bits per heavy atom. The van der Waals surface area contributed by atoms with Crippen LogP contribution in [0, 0.1) is 11.3 Å². The third-order valence-corrected chi connectivity index (χ3v) is 6.15. The first-order valence-electron chi connectivity index (χ1n) is 9.29. The van der Waals surface area contributed by atoms with Gasteiger partial charge in [-0.15, -0.1) is 24.8 Å². The average molecular weight is 419 g/mol. The zero-order valence-corrected chi connectivity index (χ0v) is 18.2. The first kappa shape index (κ1) is 24.0. The second-order valence-electron chi connectivity index (χ2n) is 7.66. The average Bonchev–Trinajstić information content (AvgIpc) is 2.63. The first-order chi connectivity index (χ1) is 11.9. The minimum absolute atomic E-state index is 0. The summed E-state index contributed by atoms with van der Waals surface area (Å²) in [7, 11) is 0. The number of pyridine rings is 1. The number of carbonyl (C=O) groups excluding carboxylic acids is 1. The predicted octanol–water partition coefficient (Wildman–Crippen LogP) is 3.24. The van der Waals surface area contributed by atoms with E-state index >= 15 is 0 Å². The minimum atomic E-state index is -0.907. The normalized spacial score (nSPS) is 27.9. The van der Waals surface area contributed by atoms with Gasteiger partial charge >= 0.3 is 0 Å². The molecule has 2 aliphatic rings. The molecule has 3 atom stereocenters. The molecule has 6 nitrogen and oxygen atoms in total. The number of anilines is 2. The van der Waals surface area contributed by atoms with Crippen LogP contribution in [0.3, 0.4) is 0 Å². The van der Waals surface area contributed by atoms with E-state index in [1.807, 2.05) is 26.0 Å². The van der Waals surface area contributed by atoms with E-state index in [1.165, 1.54) is 0 Å². The molecule has 0 spiro atoms. The van der Waals surface area contributed by atoms with Crippen molar-refractivity contribution in [3.05, 3.63) is 18.3 Å². The Bertz CT molecular complexity index is 637. The molecule has 3 rings (SSSR count). The smallest absolute Gasteiger partial charge is 0.245 e. The fraction of sp³-hybridized carbons (Fsp3) is 0.684. The fourth-order valence-corrected chi connectivity index (χ4v) is 4.47. The van der Waals surface area contributed by atoms with Gasteiger partial charge in [0.05, 0.1) is 18.0 Å². The molecule has 1 amide bonds. The van der Waals surface area contributed by atoms with Crippen LogP contribution < -0.4 is 16.0 Å². The molecule has 1 aromatic rings. The highest BCUT2D eigenvalue weighted by atomic mass is 35.5. The number of nitrogens with one attached hydrogen (secondary N) is 1. The minimum Gasteiger partial charge on any atom is -0.377 e. The van der Waals surface area contributed by atoms with Gasteiger partial charge < -0.3 is 20.7 Å². The molecule has 0 radical (unpaired) electrons. The van der Waals surface area contributed by atoms with E-state index < -0.39 is 5.54 Å². The van der Waals surface area contributed by atoms with Crippen molar-refractivity contribution >= 4 is 42.2 Å². The summed E-state index contributed by atoms with van der Waals surface area (Å²) in [5.41, 5.74) is 6.02. The molecule has 1 saturated carbocycles. The van der Waals surface area contributed by atoms with Crippen LogP contribution in [0.5, 0.6) is 0 Å². The molecule has 3 unspecified atom stereocenters. The van der Waals surface area contributed by atoms with E-state index in [-0.39, 0.29) is 48.2 Å². The van der Waals surface area contributed by atoms with Crippen molar-refractivity contribution in [1.82, 2.24) is 4.98 Å². The van der Waals surface area contributed by atoms with Gasteiger partial charge in [0.25, 0.3) is 0 Å². The number of hydrogen-bond donors (Lipinski definition) is 2. The van der Waals surface area contributed by atoms with Crippen molar-refractivity contribution in [3.63, 3.8) is 0 Å². The van der Waals surface area contributed by atoms with Gasteiger partial charge in [-0.1, -0.05) is 13.8 Å². The van der Waals surface area contributed by atoms with Crippen LogP contribution in [-0.4, -0.2) is 42.2 Å². The molecule has 154 valence electrons. The number of halogens is 2. The first-order valence-corrected chi connectivity index (χ1v) is 9.29. The van der Waals surface area contributed by atoms with Crippen LogP contribution in [0.1, 0.15) is 40.5 Å². The van der Waals surface area contributed by atoms with Gasteiger partial charge in [-0.05, 0) is 38.8 Å². The molecule has 2 heterocycles. The van der Waals surface area contributed by atoms with E-state index in [2.05, 4.69) is 29.0 Å². The summed E-state index contributed by atoms with van der Waals surface area (Å²) in [5.74, 6) is 0.857. The Hall–Kier alpha value is -1.08. The molecule has 1 aliphatic heterocycles. The molecule has 8 heteroatoms. The second-order valence-corrected chi connectivity index (χ2v) is 7.66. The third-order valence-electron chi connectivity index (χ3n) is 6.15. The fourth-order valence-electron chi connectivity index (χ4n) is 4.47. The standard InChI is InChI=1S/C19H30N4O2.2ClH/c1-5-23(6-2)15-10-9-13(12-21-15)22-17(24)19(20)14-8-7-11-25-16(14)18(19,3)4;;/h9-10,12,14,16H,5-8,11,20H2,1-4H3,(H,22,24);2*1H. The molecule has 2 fully saturated rings. The highest BCUT2D eigenvalue weighted by Gasteiger charge is 2.70. The topological polar surface area (TPSA) is 80.5 Å². The lowest BCUT2D eigenvalue weighted by Gasteiger charge is -2.65. The lowest BCUT2D eigenvalue weighted by atomic mass is 9.46. The number of fused-ring (bicyclic) bond motifs is 1. The number of nitrogens with zero attached hydrogens (tertiary/aromatic N) is 2. The van der Waals surface area contributed by atoms with E-state index in [0.29, 0.717) is 5.69 Å². The number of carbonyl (C=O) groups is 1. The number of amides is 1. The van der Waals surface area contributed by atoms with Gasteiger partial charge in [0.1, 0.15) is 11.4 Å². The van der Waals surface area contributed by atoms with Crippen molar-refractivity contribution in [3.8, 4) is 0 Å². The Kier molecular flexibility index (Phi) is 7.94. The lowest BCUT2D eigenvalue weighted by Crippen LogP contribution is -2.81. The zero-order valence-electron chi connectivity index (χ0n) is 16.5. The molecule has 27 heavy (non-hydrogen) atoms. The van der Waals surface area contributed by atoms with Crippen LogP contribution in [0.2, 0.25) is 0 Å². The number of nitrogens with two attached hydrogens (primary N) is 1. The van der Waals surface area contributed by atoms with Crippen LogP contribution in [0.25, 0.3) is 0 Å². The highest BCUT2D eigenvalue weighted by molar-refractivity contribution is 6.00. The summed E-state index contributed by atoms with van der Waals surface area (Å²) in [6.45, 7) is 10.8. The third kappa shape index (κ3) is 3.77. The molecule has 1 saturated heterocycles. The Morgan fingerprint density at radius 3 is 2.56 bits per heavy atom. The molecular weight excluding hydrogens is 387 g/mol. The number of hydrogen-bond acceptors (Lipinski definition) is 5. The maximum Gasteiger partial charge on any atom is 0.245 e. The van der Waals surface area contributed by atoms with Crippen LogP contribution in [-0.2, 0) is 9.53 Å². The molecule has 3 N–H and O–H groups in total.